The molecule has 2 aromatic rings. The van der Waals surface area contributed by atoms with Crippen LogP contribution in [0.5, 0.6) is 0 Å². The molecule has 0 amide bonds. The van der Waals surface area contributed by atoms with E-state index in [1.165, 1.54) is 11.4 Å². The van der Waals surface area contributed by atoms with Crippen LogP contribution in [0.1, 0.15) is 5.56 Å². The van der Waals surface area contributed by atoms with Crippen LogP contribution < -0.4 is 4.90 Å². The van der Waals surface area contributed by atoms with Crippen LogP contribution in [-0.4, -0.2) is 33.9 Å². The Hall–Kier alpha value is -0.960. The van der Waals surface area contributed by atoms with Crippen LogP contribution in [0.25, 0.3) is 0 Å². The fourth-order valence-electron chi connectivity index (χ4n) is 2.17. The van der Waals surface area contributed by atoms with E-state index in [1.54, 1.807) is 0 Å². The second-order valence-electron chi connectivity index (χ2n) is 5.52. The summed E-state index contributed by atoms with van der Waals surface area (Å²) in [5, 5.41) is 0. The van der Waals surface area contributed by atoms with Crippen LogP contribution in [0, 0.1) is 5.82 Å². The summed E-state index contributed by atoms with van der Waals surface area (Å²) in [6.45, 7) is 0.215. The van der Waals surface area contributed by atoms with E-state index < -0.39 is 15.8 Å². The number of sulfonamides is 1. The third-order valence-corrected chi connectivity index (χ3v) is 7.17. The van der Waals surface area contributed by atoms with Crippen molar-refractivity contribution in [2.24, 2.45) is 0 Å². The van der Waals surface area contributed by atoms with Crippen molar-refractivity contribution in [1.82, 2.24) is 4.31 Å². The molecule has 0 fully saturated rings. The molecule has 0 N–H and O–H groups in total. The Morgan fingerprint density at radius 3 is 1.96 bits per heavy atom. The smallest absolute Gasteiger partial charge is 0.245 e. The number of hydrogen-bond donors (Lipinski definition) is 0. The Bertz CT molecular complexity index is 817. The maximum atomic E-state index is 13.4. The van der Waals surface area contributed by atoms with Gasteiger partial charge >= 0.3 is 0 Å². The first kappa shape index (κ1) is 19.4. The molecule has 0 aliphatic rings. The first-order valence-electron chi connectivity index (χ1n) is 7.00. The van der Waals surface area contributed by atoms with Crippen molar-refractivity contribution >= 4 is 47.6 Å². The minimum Gasteiger partial charge on any atom is -0.378 e. The van der Waals surface area contributed by atoms with Gasteiger partial charge in [0.2, 0.25) is 10.0 Å². The van der Waals surface area contributed by atoms with E-state index in [0.717, 1.165) is 23.4 Å². The summed E-state index contributed by atoms with van der Waals surface area (Å²) in [4.78, 5) is 1.98. The molecule has 0 radical (unpaired) electrons. The number of benzene rings is 2. The molecule has 130 valence electrons. The summed E-state index contributed by atoms with van der Waals surface area (Å²) in [6, 6.07) is 9.90. The highest BCUT2D eigenvalue weighted by Crippen LogP contribution is 2.33. The van der Waals surface area contributed by atoms with Crippen molar-refractivity contribution < 1.29 is 12.8 Å². The second kappa shape index (κ2) is 7.51. The third-order valence-electron chi connectivity index (χ3n) is 3.49. The molecule has 0 atom stereocenters. The Kier molecular flexibility index (Phi) is 6.06. The first-order valence-corrected chi connectivity index (χ1v) is 10.0. The monoisotopic (exact) mass is 478 g/mol. The first-order chi connectivity index (χ1) is 11.1. The lowest BCUT2D eigenvalue weighted by Gasteiger charge is -2.20. The molecule has 0 aromatic heterocycles. The van der Waals surface area contributed by atoms with Gasteiger partial charge in [0.25, 0.3) is 0 Å². The van der Waals surface area contributed by atoms with Gasteiger partial charge in [-0.2, -0.15) is 4.31 Å². The van der Waals surface area contributed by atoms with Crippen LogP contribution in [0.2, 0.25) is 0 Å². The normalized spacial score (nSPS) is 11.8. The van der Waals surface area contributed by atoms with Gasteiger partial charge in [-0.1, -0.05) is 12.1 Å². The SMILES string of the molecule is CN(C)c1ccc(CN(C)S(=O)(=O)c2c(Br)cc(F)cc2Br)cc1. The summed E-state index contributed by atoms with van der Waals surface area (Å²) in [7, 11) is 1.60. The maximum Gasteiger partial charge on any atom is 0.245 e. The van der Waals surface area contributed by atoms with Crippen molar-refractivity contribution in [2.75, 3.05) is 26.0 Å². The van der Waals surface area contributed by atoms with Gasteiger partial charge in [-0.15, -0.1) is 0 Å². The lowest BCUT2D eigenvalue weighted by Crippen LogP contribution is -2.27. The highest BCUT2D eigenvalue weighted by molar-refractivity contribution is 9.11. The number of anilines is 1. The zero-order valence-electron chi connectivity index (χ0n) is 13.4. The van der Waals surface area contributed by atoms with Gasteiger partial charge in [-0.3, -0.25) is 0 Å². The summed E-state index contributed by atoms with van der Waals surface area (Å²) >= 11 is 6.26. The number of nitrogens with zero attached hydrogens (tertiary/aromatic N) is 2. The van der Waals surface area contributed by atoms with E-state index >= 15 is 0 Å². The number of halogens is 3. The fourth-order valence-corrected chi connectivity index (χ4v) is 5.77. The van der Waals surface area contributed by atoms with E-state index in [-0.39, 0.29) is 20.4 Å². The average molecular weight is 480 g/mol. The maximum absolute atomic E-state index is 13.4. The molecular formula is C16H17Br2FN2O2S. The summed E-state index contributed by atoms with van der Waals surface area (Å²) in [5.74, 6) is -0.519. The molecule has 2 rings (SSSR count). The van der Waals surface area contributed by atoms with Crippen molar-refractivity contribution in [2.45, 2.75) is 11.4 Å². The Morgan fingerprint density at radius 2 is 1.50 bits per heavy atom. The summed E-state index contributed by atoms with van der Waals surface area (Å²) in [6.07, 6.45) is 0. The van der Waals surface area contributed by atoms with Gasteiger partial charge in [-0.25, -0.2) is 12.8 Å². The topological polar surface area (TPSA) is 40.6 Å². The predicted octanol–water partition coefficient (Wildman–Crippen LogP) is 4.24. The quantitative estimate of drug-likeness (QED) is 0.644. The van der Waals surface area contributed by atoms with Crippen LogP contribution in [-0.2, 0) is 16.6 Å². The second-order valence-corrected chi connectivity index (χ2v) is 9.21. The molecule has 0 unspecified atom stereocenters. The van der Waals surface area contributed by atoms with Crippen molar-refractivity contribution in [3.05, 3.63) is 56.7 Å². The zero-order chi connectivity index (χ0) is 18.1. The van der Waals surface area contributed by atoms with Gasteiger partial charge in [-0.05, 0) is 61.7 Å². The van der Waals surface area contributed by atoms with Crippen LogP contribution in [0.15, 0.2) is 50.2 Å². The Labute approximate surface area is 158 Å². The fraction of sp³-hybridized carbons (Fsp3) is 0.250. The molecule has 0 saturated carbocycles. The van der Waals surface area contributed by atoms with E-state index in [1.807, 2.05) is 43.3 Å². The lowest BCUT2D eigenvalue weighted by atomic mass is 10.2. The predicted molar refractivity (Wildman–Crippen MR) is 101 cm³/mol. The molecule has 2 aromatic carbocycles. The number of hydrogen-bond acceptors (Lipinski definition) is 3. The minimum atomic E-state index is -3.78. The highest BCUT2D eigenvalue weighted by Gasteiger charge is 2.27. The van der Waals surface area contributed by atoms with Crippen LogP contribution >= 0.6 is 31.9 Å². The Balaban J connectivity index is 2.30. The molecular weight excluding hydrogens is 463 g/mol. The van der Waals surface area contributed by atoms with Gasteiger partial charge in [0.05, 0.1) is 0 Å². The van der Waals surface area contributed by atoms with Crippen LogP contribution in [0.4, 0.5) is 10.1 Å². The molecule has 24 heavy (non-hydrogen) atoms. The van der Waals surface area contributed by atoms with Gasteiger partial charge in [0.15, 0.2) is 0 Å². The lowest BCUT2D eigenvalue weighted by molar-refractivity contribution is 0.465. The third kappa shape index (κ3) is 4.17. The molecule has 8 heteroatoms. The molecule has 0 aliphatic heterocycles. The van der Waals surface area contributed by atoms with Crippen LogP contribution in [0.3, 0.4) is 0 Å². The standard InChI is InChI=1S/C16H17Br2FN2O2S/c1-20(2)13-6-4-11(5-7-13)10-21(3)24(22,23)16-14(17)8-12(19)9-15(16)18/h4-9H,10H2,1-3H3. The van der Waals surface area contributed by atoms with E-state index in [2.05, 4.69) is 31.9 Å². The average Bonchev–Trinajstić information content (AvgIpc) is 2.46. The molecule has 0 heterocycles. The Morgan fingerprint density at radius 1 is 1.00 bits per heavy atom. The van der Waals surface area contributed by atoms with Crippen molar-refractivity contribution in [3.8, 4) is 0 Å². The summed E-state index contributed by atoms with van der Waals surface area (Å²) in [5.41, 5.74) is 1.90. The van der Waals surface area contributed by atoms with Crippen molar-refractivity contribution in [3.63, 3.8) is 0 Å². The molecule has 0 saturated heterocycles. The molecule has 0 aliphatic carbocycles. The van der Waals surface area contributed by atoms with Gasteiger partial charge < -0.3 is 4.90 Å². The molecule has 4 nitrogen and oxygen atoms in total. The minimum absolute atomic E-state index is 0.0105. The zero-order valence-corrected chi connectivity index (χ0v) is 17.4. The van der Waals surface area contributed by atoms with Gasteiger partial charge in [0, 0.05) is 42.3 Å². The summed E-state index contributed by atoms with van der Waals surface area (Å²) < 4.78 is 40.6. The molecule has 0 spiro atoms. The van der Waals surface area contributed by atoms with Crippen molar-refractivity contribution in [1.29, 1.82) is 0 Å². The highest BCUT2D eigenvalue weighted by atomic mass is 79.9. The number of rotatable bonds is 5. The van der Waals surface area contributed by atoms with E-state index in [0.29, 0.717) is 0 Å². The van der Waals surface area contributed by atoms with E-state index in [4.69, 9.17) is 0 Å². The van der Waals surface area contributed by atoms with E-state index in [9.17, 15) is 12.8 Å². The molecule has 0 bridgehead atoms. The largest absolute Gasteiger partial charge is 0.378 e. The van der Waals surface area contributed by atoms with Gasteiger partial charge in [0.1, 0.15) is 10.7 Å².